The molecule has 2 N–H and O–H groups in total. The maximum absolute atomic E-state index is 11.5. The van der Waals surface area contributed by atoms with Crippen molar-refractivity contribution in [2.45, 2.75) is 19.9 Å². The van der Waals surface area contributed by atoms with E-state index in [1.807, 2.05) is 65.4 Å². The van der Waals surface area contributed by atoms with Gasteiger partial charge < -0.3 is 9.88 Å². The van der Waals surface area contributed by atoms with Gasteiger partial charge in [0.25, 0.3) is 0 Å². The van der Waals surface area contributed by atoms with Gasteiger partial charge in [0.1, 0.15) is 5.82 Å². The molecular weight excluding hydrogens is 400 g/mol. The highest BCUT2D eigenvalue weighted by atomic mass is 16.1. The van der Waals surface area contributed by atoms with Gasteiger partial charge in [0.15, 0.2) is 12.1 Å². The number of hydrogen-bond acceptors (Lipinski definition) is 5. The first kappa shape index (κ1) is 19.7. The summed E-state index contributed by atoms with van der Waals surface area (Å²) < 4.78 is 2.04. The number of nitrogens with one attached hydrogen (secondary N) is 2. The Kier molecular flexibility index (Phi) is 4.99. The van der Waals surface area contributed by atoms with Crippen LogP contribution in [0.4, 0.5) is 11.5 Å². The predicted octanol–water partition coefficient (Wildman–Crippen LogP) is 5.63. The second-order valence-electron chi connectivity index (χ2n) is 7.88. The summed E-state index contributed by atoms with van der Waals surface area (Å²) in [5.41, 5.74) is 5.62. The Labute approximate surface area is 185 Å². The average Bonchev–Trinajstić information content (AvgIpc) is 3.47. The lowest BCUT2D eigenvalue weighted by Gasteiger charge is -2.12. The molecule has 7 heteroatoms. The van der Waals surface area contributed by atoms with E-state index in [1.54, 1.807) is 12.4 Å². The number of H-pyrrole nitrogens is 1. The zero-order valence-corrected chi connectivity index (χ0v) is 17.8. The smallest absolute Gasteiger partial charge is 0.166 e. The molecule has 0 atom stereocenters. The van der Waals surface area contributed by atoms with Crippen LogP contribution in [0.1, 0.15) is 30.4 Å². The number of aldehydes is 1. The van der Waals surface area contributed by atoms with E-state index >= 15 is 0 Å². The second-order valence-corrected chi connectivity index (χ2v) is 7.88. The number of carbonyl (C=O) groups excluding carboxylic acids is 1. The molecule has 0 unspecified atom stereocenters. The molecule has 0 spiro atoms. The molecule has 158 valence electrons. The summed E-state index contributed by atoms with van der Waals surface area (Å²) in [5.74, 6) is 1.33. The zero-order valence-electron chi connectivity index (χ0n) is 17.8. The predicted molar refractivity (Wildman–Crippen MR) is 126 cm³/mol. The number of anilines is 2. The first-order valence-electron chi connectivity index (χ1n) is 10.4. The van der Waals surface area contributed by atoms with Crippen LogP contribution in [0.5, 0.6) is 0 Å². The zero-order chi connectivity index (χ0) is 22.1. The van der Waals surface area contributed by atoms with Crippen LogP contribution in [0.25, 0.3) is 33.4 Å². The highest BCUT2D eigenvalue weighted by molar-refractivity contribution is 5.91. The molecule has 0 amide bonds. The van der Waals surface area contributed by atoms with Crippen molar-refractivity contribution in [1.29, 1.82) is 0 Å². The van der Waals surface area contributed by atoms with Crippen molar-refractivity contribution in [2.75, 3.05) is 5.32 Å². The van der Waals surface area contributed by atoms with Crippen molar-refractivity contribution in [1.82, 2.24) is 24.7 Å². The van der Waals surface area contributed by atoms with Gasteiger partial charge in [-0.15, -0.1) is 0 Å². The van der Waals surface area contributed by atoms with Crippen LogP contribution >= 0.6 is 0 Å². The minimum atomic E-state index is 0.168. The minimum Gasteiger partial charge on any atom is -0.340 e. The van der Waals surface area contributed by atoms with Crippen LogP contribution in [0, 0.1) is 0 Å². The topological polar surface area (TPSA) is 88.5 Å². The molecule has 5 aromatic rings. The number of nitrogens with zero attached hydrogens (tertiary/aromatic N) is 4. The fourth-order valence-corrected chi connectivity index (χ4v) is 3.92. The summed E-state index contributed by atoms with van der Waals surface area (Å²) in [5, 5.41) is 11.2. The van der Waals surface area contributed by atoms with Crippen LogP contribution in [0.2, 0.25) is 0 Å². The second kappa shape index (κ2) is 8.11. The third kappa shape index (κ3) is 3.65. The third-order valence-electron chi connectivity index (χ3n) is 5.41. The van der Waals surface area contributed by atoms with E-state index in [2.05, 4.69) is 34.3 Å². The monoisotopic (exact) mass is 422 g/mol. The van der Waals surface area contributed by atoms with E-state index in [9.17, 15) is 4.79 Å². The molecule has 0 fully saturated rings. The number of hydrogen-bond donors (Lipinski definition) is 2. The molecule has 32 heavy (non-hydrogen) atoms. The largest absolute Gasteiger partial charge is 0.340 e. The van der Waals surface area contributed by atoms with Gasteiger partial charge in [-0.2, -0.15) is 5.10 Å². The van der Waals surface area contributed by atoms with Crippen LogP contribution in [0.3, 0.4) is 0 Å². The van der Waals surface area contributed by atoms with Gasteiger partial charge in [0, 0.05) is 46.2 Å². The van der Waals surface area contributed by atoms with Gasteiger partial charge in [-0.05, 0) is 49.7 Å². The SMILES string of the molecule is CC(C)n1c(C=O)cc2ccc(-c3nccc(Nc4ccc(-c5cn[nH]c5)cc4)n3)cc21. The number of rotatable bonds is 6. The molecule has 3 heterocycles. The summed E-state index contributed by atoms with van der Waals surface area (Å²) in [6, 6.07) is 18.0. The lowest BCUT2D eigenvalue weighted by atomic mass is 10.1. The Morgan fingerprint density at radius 1 is 1.00 bits per heavy atom. The molecule has 0 aliphatic heterocycles. The number of carbonyl (C=O) groups is 1. The molecule has 7 nitrogen and oxygen atoms in total. The molecule has 2 aromatic carbocycles. The Balaban J connectivity index is 1.44. The summed E-state index contributed by atoms with van der Waals surface area (Å²) in [6.45, 7) is 4.13. The Morgan fingerprint density at radius 2 is 1.81 bits per heavy atom. The number of fused-ring (bicyclic) bond motifs is 1. The molecule has 0 radical (unpaired) electrons. The van der Waals surface area contributed by atoms with Crippen molar-refractivity contribution in [3.63, 3.8) is 0 Å². The van der Waals surface area contributed by atoms with Crippen molar-refractivity contribution in [2.24, 2.45) is 0 Å². The number of benzene rings is 2. The van der Waals surface area contributed by atoms with Gasteiger partial charge >= 0.3 is 0 Å². The fraction of sp³-hybridized carbons (Fsp3) is 0.120. The average molecular weight is 422 g/mol. The van der Waals surface area contributed by atoms with E-state index in [0.717, 1.165) is 39.6 Å². The normalized spacial score (nSPS) is 11.2. The highest BCUT2D eigenvalue weighted by Gasteiger charge is 2.13. The van der Waals surface area contributed by atoms with Gasteiger partial charge in [-0.3, -0.25) is 9.89 Å². The van der Waals surface area contributed by atoms with E-state index in [1.165, 1.54) is 0 Å². The van der Waals surface area contributed by atoms with Gasteiger partial charge in [0.2, 0.25) is 0 Å². The van der Waals surface area contributed by atoms with E-state index < -0.39 is 0 Å². The van der Waals surface area contributed by atoms with Crippen LogP contribution in [-0.2, 0) is 0 Å². The molecule has 0 aliphatic carbocycles. The first-order chi connectivity index (χ1) is 15.6. The fourth-order valence-electron chi connectivity index (χ4n) is 3.92. The van der Waals surface area contributed by atoms with E-state index in [0.29, 0.717) is 17.3 Å². The van der Waals surface area contributed by atoms with Crippen molar-refractivity contribution >= 4 is 28.7 Å². The molecule has 3 aromatic heterocycles. The van der Waals surface area contributed by atoms with Gasteiger partial charge in [-0.25, -0.2) is 9.97 Å². The highest BCUT2D eigenvalue weighted by Crippen LogP contribution is 2.28. The summed E-state index contributed by atoms with van der Waals surface area (Å²) in [6.07, 6.45) is 6.30. The van der Waals surface area contributed by atoms with Crippen molar-refractivity contribution in [3.8, 4) is 22.5 Å². The van der Waals surface area contributed by atoms with E-state index in [4.69, 9.17) is 4.98 Å². The van der Waals surface area contributed by atoms with Crippen molar-refractivity contribution in [3.05, 3.63) is 78.9 Å². The molecular formula is C25H22N6O. The Morgan fingerprint density at radius 3 is 2.53 bits per heavy atom. The molecule has 0 saturated carbocycles. The first-order valence-corrected chi connectivity index (χ1v) is 10.4. The number of aromatic amines is 1. The molecule has 0 saturated heterocycles. The summed E-state index contributed by atoms with van der Waals surface area (Å²) in [7, 11) is 0. The summed E-state index contributed by atoms with van der Waals surface area (Å²) in [4.78, 5) is 20.7. The Hall–Kier alpha value is -4.26. The molecule has 0 aliphatic rings. The van der Waals surface area contributed by atoms with Crippen LogP contribution in [-0.4, -0.2) is 31.0 Å². The lowest BCUT2D eigenvalue weighted by Crippen LogP contribution is -2.04. The van der Waals surface area contributed by atoms with Gasteiger partial charge in [-0.1, -0.05) is 24.3 Å². The van der Waals surface area contributed by atoms with Gasteiger partial charge in [0.05, 0.1) is 11.9 Å². The van der Waals surface area contributed by atoms with Crippen LogP contribution in [0.15, 0.2) is 73.2 Å². The molecule has 5 rings (SSSR count). The van der Waals surface area contributed by atoms with Crippen LogP contribution < -0.4 is 5.32 Å². The maximum atomic E-state index is 11.5. The third-order valence-corrected chi connectivity index (χ3v) is 5.41. The standard InChI is InChI=1S/C25H22N6O/c1-16(2)31-22(15-32)11-18-3-4-19(12-23(18)31)25-26-10-9-24(30-25)29-21-7-5-17(6-8-21)20-13-27-28-14-20/h3-16H,1-2H3,(H,27,28)(H,26,29,30). The summed E-state index contributed by atoms with van der Waals surface area (Å²) >= 11 is 0. The maximum Gasteiger partial charge on any atom is 0.166 e. The quantitative estimate of drug-likeness (QED) is 0.347. The van der Waals surface area contributed by atoms with Crippen molar-refractivity contribution < 1.29 is 4.79 Å². The van der Waals surface area contributed by atoms with E-state index in [-0.39, 0.29) is 6.04 Å². The molecule has 0 bridgehead atoms. The lowest BCUT2D eigenvalue weighted by molar-refractivity contribution is 0.111. The number of aromatic nitrogens is 5. The Bertz CT molecular complexity index is 1380. The minimum absolute atomic E-state index is 0.168.